The van der Waals surface area contributed by atoms with Gasteiger partial charge in [0.2, 0.25) is 5.89 Å². The van der Waals surface area contributed by atoms with E-state index in [2.05, 4.69) is 10.1 Å². The van der Waals surface area contributed by atoms with Crippen molar-refractivity contribution in [1.82, 2.24) is 15.0 Å². The quantitative estimate of drug-likeness (QED) is 0.867. The molecule has 0 bridgehead atoms. The first kappa shape index (κ1) is 15.9. The van der Waals surface area contributed by atoms with Crippen LogP contribution in [0.4, 0.5) is 13.2 Å². The Bertz CT molecular complexity index is 672. The molecule has 1 saturated heterocycles. The zero-order valence-electron chi connectivity index (χ0n) is 12.5. The van der Waals surface area contributed by atoms with Gasteiger partial charge in [-0.1, -0.05) is 17.3 Å². The molecule has 3 rings (SSSR count). The van der Waals surface area contributed by atoms with Crippen molar-refractivity contribution >= 4 is 0 Å². The largest absolute Gasteiger partial charge is 0.416 e. The molecular weight excluding hydrogens is 311 g/mol. The number of benzene rings is 1. The predicted octanol–water partition coefficient (Wildman–Crippen LogP) is 2.97. The van der Waals surface area contributed by atoms with Crippen LogP contribution in [0.1, 0.15) is 28.9 Å². The van der Waals surface area contributed by atoms with Crippen molar-refractivity contribution in [3.8, 4) is 0 Å². The van der Waals surface area contributed by atoms with Crippen molar-refractivity contribution in [2.45, 2.75) is 25.7 Å². The minimum absolute atomic E-state index is 0.404. The molecule has 1 aliphatic rings. The summed E-state index contributed by atoms with van der Waals surface area (Å²) in [5, 5.41) is 3.84. The van der Waals surface area contributed by atoms with Crippen molar-refractivity contribution in [2.75, 3.05) is 19.7 Å². The van der Waals surface area contributed by atoms with E-state index in [4.69, 9.17) is 9.26 Å². The molecule has 2 aromatic rings. The second-order valence-electron chi connectivity index (χ2n) is 5.45. The first-order valence-corrected chi connectivity index (χ1v) is 7.22. The summed E-state index contributed by atoms with van der Waals surface area (Å²) in [6, 6.07) is 5.27. The standard InChI is InChI=1S/C15H16F3N3O2/c1-10-19-14(20-23-10)9-21-5-6-22-13(8-21)11-3-2-4-12(7-11)15(16,17)18/h2-4,7,13H,5-6,8-9H2,1H3. The zero-order chi connectivity index (χ0) is 16.4. The van der Waals surface area contributed by atoms with Crippen molar-refractivity contribution < 1.29 is 22.4 Å². The molecule has 0 saturated carbocycles. The summed E-state index contributed by atoms with van der Waals surface area (Å²) in [4.78, 5) is 6.18. The van der Waals surface area contributed by atoms with Gasteiger partial charge in [0.15, 0.2) is 5.82 Å². The lowest BCUT2D eigenvalue weighted by atomic mass is 10.0. The fourth-order valence-electron chi connectivity index (χ4n) is 2.57. The van der Waals surface area contributed by atoms with Gasteiger partial charge in [-0.05, 0) is 17.7 Å². The Labute approximate surface area is 131 Å². The fraction of sp³-hybridized carbons (Fsp3) is 0.467. The normalized spacial score (nSPS) is 19.9. The molecule has 0 aliphatic carbocycles. The number of rotatable bonds is 3. The number of hydrogen-bond donors (Lipinski definition) is 0. The van der Waals surface area contributed by atoms with Crippen molar-refractivity contribution in [3.05, 3.63) is 47.1 Å². The van der Waals surface area contributed by atoms with E-state index in [9.17, 15) is 13.2 Å². The van der Waals surface area contributed by atoms with Gasteiger partial charge >= 0.3 is 6.18 Å². The Hall–Kier alpha value is -1.93. The first-order valence-electron chi connectivity index (χ1n) is 7.22. The van der Waals surface area contributed by atoms with Gasteiger partial charge in [0.1, 0.15) is 0 Å². The molecule has 0 N–H and O–H groups in total. The predicted molar refractivity (Wildman–Crippen MR) is 74.4 cm³/mol. The number of ether oxygens (including phenoxy) is 1. The molecule has 1 aliphatic heterocycles. The Kier molecular flexibility index (Phi) is 4.36. The van der Waals surface area contributed by atoms with Crippen LogP contribution in [0.15, 0.2) is 28.8 Å². The topological polar surface area (TPSA) is 51.4 Å². The third-order valence-electron chi connectivity index (χ3n) is 3.67. The minimum atomic E-state index is -4.35. The summed E-state index contributed by atoms with van der Waals surface area (Å²) in [7, 11) is 0. The van der Waals surface area contributed by atoms with Gasteiger partial charge < -0.3 is 9.26 Å². The van der Waals surface area contributed by atoms with E-state index in [1.54, 1.807) is 13.0 Å². The number of alkyl halides is 3. The molecule has 1 aromatic carbocycles. The molecule has 1 aromatic heterocycles. The molecule has 1 atom stereocenters. The summed E-state index contributed by atoms with van der Waals surface area (Å²) in [5.74, 6) is 1.05. The number of halogens is 3. The molecule has 5 nitrogen and oxygen atoms in total. The van der Waals surface area contributed by atoms with Gasteiger partial charge in [0.05, 0.1) is 24.8 Å². The molecule has 1 unspecified atom stereocenters. The number of aryl methyl sites for hydroxylation is 1. The van der Waals surface area contributed by atoms with Crippen LogP contribution in [0.2, 0.25) is 0 Å². The highest BCUT2D eigenvalue weighted by Gasteiger charge is 2.32. The number of nitrogens with zero attached hydrogens (tertiary/aromatic N) is 3. The molecule has 2 heterocycles. The average molecular weight is 327 g/mol. The Morgan fingerprint density at radius 1 is 1.35 bits per heavy atom. The van der Waals surface area contributed by atoms with E-state index in [0.29, 0.717) is 43.5 Å². The van der Waals surface area contributed by atoms with Crippen LogP contribution in [0.5, 0.6) is 0 Å². The van der Waals surface area contributed by atoms with E-state index >= 15 is 0 Å². The van der Waals surface area contributed by atoms with Gasteiger partial charge in [-0.3, -0.25) is 4.90 Å². The summed E-state index contributed by atoms with van der Waals surface area (Å²) >= 11 is 0. The summed E-state index contributed by atoms with van der Waals surface area (Å²) in [6.45, 7) is 3.78. The molecule has 0 spiro atoms. The molecule has 0 radical (unpaired) electrons. The second-order valence-corrected chi connectivity index (χ2v) is 5.45. The van der Waals surface area contributed by atoms with E-state index in [-0.39, 0.29) is 0 Å². The van der Waals surface area contributed by atoms with E-state index in [0.717, 1.165) is 12.1 Å². The summed E-state index contributed by atoms with van der Waals surface area (Å²) in [5.41, 5.74) is -0.140. The highest BCUT2D eigenvalue weighted by atomic mass is 19.4. The minimum Gasteiger partial charge on any atom is -0.371 e. The SMILES string of the molecule is Cc1nc(CN2CCOC(c3cccc(C(F)(F)F)c3)C2)no1. The molecule has 1 fully saturated rings. The maximum Gasteiger partial charge on any atom is 0.416 e. The highest BCUT2D eigenvalue weighted by Crippen LogP contribution is 2.32. The van der Waals surface area contributed by atoms with Crippen LogP contribution in [0, 0.1) is 6.92 Å². The maximum absolute atomic E-state index is 12.8. The summed E-state index contributed by atoms with van der Waals surface area (Å²) < 4.78 is 49.0. The van der Waals surface area contributed by atoms with Crippen LogP contribution in [-0.4, -0.2) is 34.7 Å². The first-order chi connectivity index (χ1) is 10.9. The molecule has 0 amide bonds. The van der Waals surface area contributed by atoms with Crippen LogP contribution in [-0.2, 0) is 17.5 Å². The Balaban J connectivity index is 1.71. The third-order valence-corrected chi connectivity index (χ3v) is 3.67. The van der Waals surface area contributed by atoms with Gasteiger partial charge in [-0.15, -0.1) is 0 Å². The number of morpholine rings is 1. The van der Waals surface area contributed by atoms with Crippen LogP contribution in [0.3, 0.4) is 0 Å². The van der Waals surface area contributed by atoms with E-state index < -0.39 is 17.8 Å². The van der Waals surface area contributed by atoms with Crippen molar-refractivity contribution in [2.24, 2.45) is 0 Å². The Morgan fingerprint density at radius 3 is 2.87 bits per heavy atom. The highest BCUT2D eigenvalue weighted by molar-refractivity contribution is 5.27. The maximum atomic E-state index is 12.8. The van der Waals surface area contributed by atoms with Gasteiger partial charge in [-0.25, -0.2) is 0 Å². The van der Waals surface area contributed by atoms with Gasteiger partial charge in [-0.2, -0.15) is 18.2 Å². The Morgan fingerprint density at radius 2 is 2.17 bits per heavy atom. The fourth-order valence-corrected chi connectivity index (χ4v) is 2.57. The zero-order valence-corrected chi connectivity index (χ0v) is 12.5. The van der Waals surface area contributed by atoms with Crippen molar-refractivity contribution in [1.29, 1.82) is 0 Å². The lowest BCUT2D eigenvalue weighted by Gasteiger charge is -2.32. The van der Waals surface area contributed by atoms with Gasteiger partial charge in [0.25, 0.3) is 0 Å². The molecule has 124 valence electrons. The average Bonchev–Trinajstić information content (AvgIpc) is 2.92. The van der Waals surface area contributed by atoms with Crippen LogP contribution in [0.25, 0.3) is 0 Å². The van der Waals surface area contributed by atoms with Crippen molar-refractivity contribution in [3.63, 3.8) is 0 Å². The smallest absolute Gasteiger partial charge is 0.371 e. The third kappa shape index (κ3) is 3.89. The number of aromatic nitrogens is 2. The lowest BCUT2D eigenvalue weighted by Crippen LogP contribution is -2.38. The van der Waals surface area contributed by atoms with E-state index in [1.165, 1.54) is 6.07 Å². The van der Waals surface area contributed by atoms with E-state index in [1.807, 2.05) is 4.90 Å². The molecule has 23 heavy (non-hydrogen) atoms. The molecular formula is C15H16F3N3O2. The van der Waals surface area contributed by atoms with Gasteiger partial charge in [0, 0.05) is 20.0 Å². The van der Waals surface area contributed by atoms with Crippen LogP contribution >= 0.6 is 0 Å². The van der Waals surface area contributed by atoms with Crippen LogP contribution < -0.4 is 0 Å². The molecule has 8 heteroatoms. The second kappa shape index (κ2) is 6.29. The summed E-state index contributed by atoms with van der Waals surface area (Å²) in [6.07, 6.45) is -4.76. The lowest BCUT2D eigenvalue weighted by molar-refractivity contribution is -0.137. The monoisotopic (exact) mass is 327 g/mol. The number of hydrogen-bond acceptors (Lipinski definition) is 5.